The second-order valence-corrected chi connectivity index (χ2v) is 3.36. The lowest BCUT2D eigenvalue weighted by atomic mass is 10.1. The maximum Gasteiger partial charge on any atom is 0.635 e. The predicted octanol–water partition coefficient (Wildman–Crippen LogP) is 0.146. The number of amides is 1. The van der Waals surface area contributed by atoms with Gasteiger partial charge in [-0.3, -0.25) is 4.79 Å². The first-order valence-electron chi connectivity index (χ1n) is 5.08. The average Bonchev–Trinajstić information content (AvgIpc) is 2.29. The summed E-state index contributed by atoms with van der Waals surface area (Å²) in [6, 6.07) is 7.21. The third-order valence-electron chi connectivity index (χ3n) is 2.11. The van der Waals surface area contributed by atoms with Crippen molar-refractivity contribution in [1.29, 1.82) is 0 Å². The maximum absolute atomic E-state index is 10.4. The number of rotatable bonds is 7. The van der Waals surface area contributed by atoms with Crippen molar-refractivity contribution in [3.05, 3.63) is 48.0 Å². The van der Waals surface area contributed by atoms with Crippen LogP contribution in [0.5, 0.6) is 0 Å². The highest BCUT2D eigenvalue weighted by Gasteiger charge is 2.19. The van der Waals surface area contributed by atoms with Gasteiger partial charge in [-0.2, -0.15) is 0 Å². The largest absolute Gasteiger partial charge is 0.635 e. The van der Waals surface area contributed by atoms with Gasteiger partial charge < -0.3 is 20.0 Å². The number of nitrogens with one attached hydrogen (secondary N) is 1. The Kier molecular flexibility index (Phi) is 5.42. The van der Waals surface area contributed by atoms with Crippen molar-refractivity contribution in [3.63, 3.8) is 0 Å². The molecule has 0 radical (unpaired) electrons. The summed E-state index contributed by atoms with van der Waals surface area (Å²) in [5.41, 5.74) is 1.62. The second kappa shape index (κ2) is 6.85. The zero-order valence-corrected chi connectivity index (χ0v) is 9.24. The van der Waals surface area contributed by atoms with Crippen LogP contribution in [0.15, 0.2) is 36.9 Å². The van der Waals surface area contributed by atoms with Crippen LogP contribution < -0.4 is 5.32 Å². The van der Waals surface area contributed by atoms with Gasteiger partial charge >= 0.3 is 7.32 Å². The van der Waals surface area contributed by atoms with Gasteiger partial charge in [0, 0.05) is 5.56 Å². The van der Waals surface area contributed by atoms with Gasteiger partial charge in [0.15, 0.2) is 0 Å². The Hall–Kier alpha value is -1.63. The van der Waals surface area contributed by atoms with Gasteiger partial charge in [0.05, 0.1) is 0 Å². The molecular weight excluding hydrogens is 221 g/mol. The Morgan fingerprint density at radius 1 is 1.53 bits per heavy atom. The lowest BCUT2D eigenvalue weighted by Gasteiger charge is -2.17. The van der Waals surface area contributed by atoms with Crippen LogP contribution in [0.4, 0.5) is 0 Å². The molecule has 0 fully saturated rings. The van der Waals surface area contributed by atoms with Crippen LogP contribution in [-0.4, -0.2) is 23.8 Å². The van der Waals surface area contributed by atoms with E-state index in [9.17, 15) is 4.79 Å². The molecule has 0 aliphatic carbocycles. The molecule has 0 aliphatic rings. The highest BCUT2D eigenvalue weighted by atomic mass is 16.6. The first-order valence-corrected chi connectivity index (χ1v) is 5.08. The Morgan fingerprint density at radius 3 is 2.88 bits per heavy atom. The van der Waals surface area contributed by atoms with Crippen molar-refractivity contribution in [2.45, 2.75) is 12.6 Å². The quantitative estimate of drug-likeness (QED) is 0.272. The van der Waals surface area contributed by atoms with E-state index in [4.69, 9.17) is 14.7 Å². The Morgan fingerprint density at radius 2 is 2.29 bits per heavy atom. The van der Waals surface area contributed by atoms with Gasteiger partial charge in [-0.1, -0.05) is 30.3 Å². The highest BCUT2D eigenvalue weighted by Crippen LogP contribution is 2.16. The molecule has 90 valence electrons. The fraction of sp³-hybridized carbons (Fsp3) is 0.182. The normalized spacial score (nSPS) is 11.6. The summed E-state index contributed by atoms with van der Waals surface area (Å²) in [5.74, 6) is 0. The summed E-state index contributed by atoms with van der Waals surface area (Å²) in [4.78, 5) is 10.4. The minimum absolute atomic E-state index is 0.438. The number of allylic oxidation sites excluding steroid dienone is 1. The predicted molar refractivity (Wildman–Crippen MR) is 63.6 cm³/mol. The average molecular weight is 235 g/mol. The molecule has 5 nitrogen and oxygen atoms in total. The fourth-order valence-electron chi connectivity index (χ4n) is 1.45. The molecule has 1 unspecified atom stereocenters. The highest BCUT2D eigenvalue weighted by molar-refractivity contribution is 6.32. The van der Waals surface area contributed by atoms with Crippen molar-refractivity contribution < 1.29 is 19.5 Å². The van der Waals surface area contributed by atoms with Crippen molar-refractivity contribution in [2.75, 3.05) is 0 Å². The summed E-state index contributed by atoms with van der Waals surface area (Å²) >= 11 is 0. The molecular formula is C11H14BNO4. The molecule has 1 aromatic carbocycles. The molecule has 0 aliphatic heterocycles. The summed E-state index contributed by atoms with van der Waals surface area (Å²) < 4.78 is 4.75. The molecule has 0 heterocycles. The molecule has 1 amide bonds. The monoisotopic (exact) mass is 235 g/mol. The van der Waals surface area contributed by atoms with Crippen LogP contribution in [-0.2, 0) is 15.9 Å². The van der Waals surface area contributed by atoms with Crippen molar-refractivity contribution >= 4 is 13.7 Å². The third kappa shape index (κ3) is 4.40. The Balaban J connectivity index is 2.87. The Bertz CT molecular complexity index is 383. The molecule has 0 aromatic heterocycles. The van der Waals surface area contributed by atoms with E-state index in [1.807, 2.05) is 6.07 Å². The maximum atomic E-state index is 10.4. The van der Waals surface area contributed by atoms with Crippen molar-refractivity contribution in [1.82, 2.24) is 5.32 Å². The molecule has 0 saturated heterocycles. The van der Waals surface area contributed by atoms with Gasteiger partial charge in [0.1, 0.15) is 6.23 Å². The summed E-state index contributed by atoms with van der Waals surface area (Å²) in [6.07, 6.45) is 1.98. The van der Waals surface area contributed by atoms with E-state index in [1.165, 1.54) is 0 Å². The minimum Gasteiger partial charge on any atom is -0.402 e. The van der Waals surface area contributed by atoms with E-state index >= 15 is 0 Å². The van der Waals surface area contributed by atoms with Crippen LogP contribution in [0, 0.1) is 0 Å². The zero-order valence-electron chi connectivity index (χ0n) is 9.24. The van der Waals surface area contributed by atoms with E-state index in [0.29, 0.717) is 18.4 Å². The second-order valence-electron chi connectivity index (χ2n) is 3.36. The smallest absolute Gasteiger partial charge is 0.402 e. The summed E-state index contributed by atoms with van der Waals surface area (Å²) in [5, 5.41) is 19.8. The third-order valence-corrected chi connectivity index (χ3v) is 2.11. The van der Waals surface area contributed by atoms with Crippen LogP contribution in [0.3, 0.4) is 0 Å². The van der Waals surface area contributed by atoms with E-state index in [0.717, 1.165) is 5.56 Å². The van der Waals surface area contributed by atoms with E-state index in [1.54, 1.807) is 24.3 Å². The van der Waals surface area contributed by atoms with Gasteiger partial charge in [-0.15, -0.1) is 6.58 Å². The number of carbonyl (C=O) groups is 1. The summed E-state index contributed by atoms with van der Waals surface area (Å²) in [6.45, 7) is 3.63. The Labute approximate surface area is 99.9 Å². The molecule has 6 heteroatoms. The summed E-state index contributed by atoms with van der Waals surface area (Å²) in [7, 11) is -1.95. The molecule has 1 rings (SSSR count). The standard InChI is InChI=1S/C11H14BNO4/c1-2-4-9-5-3-6-10(7-9)11(13-8-14)17-12(15)16/h2-3,5-8,11,15-16H,1,4H2,(H,13,14). The van der Waals surface area contributed by atoms with Crippen LogP contribution >= 0.6 is 0 Å². The molecule has 0 saturated carbocycles. The lowest BCUT2D eigenvalue weighted by Crippen LogP contribution is -2.29. The fourth-order valence-corrected chi connectivity index (χ4v) is 1.45. The van der Waals surface area contributed by atoms with Gasteiger partial charge in [0.25, 0.3) is 0 Å². The van der Waals surface area contributed by atoms with Crippen molar-refractivity contribution in [3.8, 4) is 0 Å². The van der Waals surface area contributed by atoms with Gasteiger partial charge in [-0.05, 0) is 12.0 Å². The molecule has 0 bridgehead atoms. The zero-order chi connectivity index (χ0) is 12.7. The van der Waals surface area contributed by atoms with Gasteiger partial charge in [0.2, 0.25) is 6.41 Å². The first-order chi connectivity index (χ1) is 8.17. The number of hydrogen-bond acceptors (Lipinski definition) is 4. The minimum atomic E-state index is -1.95. The van der Waals surface area contributed by atoms with E-state index in [2.05, 4.69) is 11.9 Å². The number of carbonyl (C=O) groups excluding carboxylic acids is 1. The molecule has 3 N–H and O–H groups in total. The first kappa shape index (κ1) is 13.4. The van der Waals surface area contributed by atoms with E-state index in [-0.39, 0.29) is 0 Å². The van der Waals surface area contributed by atoms with Crippen LogP contribution in [0.25, 0.3) is 0 Å². The van der Waals surface area contributed by atoms with Crippen LogP contribution in [0.1, 0.15) is 17.4 Å². The van der Waals surface area contributed by atoms with E-state index < -0.39 is 13.5 Å². The molecule has 0 spiro atoms. The SMILES string of the molecule is C=CCc1cccc(C(NC=O)OB(O)O)c1. The lowest BCUT2D eigenvalue weighted by molar-refractivity contribution is -0.112. The molecule has 1 atom stereocenters. The van der Waals surface area contributed by atoms with Crippen LogP contribution in [0.2, 0.25) is 0 Å². The number of benzene rings is 1. The van der Waals surface area contributed by atoms with Gasteiger partial charge in [-0.25, -0.2) is 0 Å². The van der Waals surface area contributed by atoms with Crippen molar-refractivity contribution in [2.24, 2.45) is 0 Å². The number of hydrogen-bond donors (Lipinski definition) is 3. The molecule has 17 heavy (non-hydrogen) atoms. The topological polar surface area (TPSA) is 78.8 Å². The molecule has 1 aromatic rings.